The van der Waals surface area contributed by atoms with Gasteiger partial charge in [0.1, 0.15) is 11.5 Å². The van der Waals surface area contributed by atoms with Crippen molar-refractivity contribution in [2.45, 2.75) is 20.4 Å². The van der Waals surface area contributed by atoms with E-state index in [1.807, 2.05) is 26.0 Å². The molecule has 2 aromatic rings. The minimum atomic E-state index is -0.220. The molecule has 2 rings (SSSR count). The van der Waals surface area contributed by atoms with Crippen molar-refractivity contribution in [3.8, 4) is 0 Å². The van der Waals surface area contributed by atoms with Crippen LogP contribution in [0.25, 0.3) is 6.08 Å². The van der Waals surface area contributed by atoms with Crippen molar-refractivity contribution in [1.29, 1.82) is 0 Å². The van der Waals surface area contributed by atoms with Crippen LogP contribution < -0.4 is 10.6 Å². The summed E-state index contributed by atoms with van der Waals surface area (Å²) in [7, 11) is 0. The van der Waals surface area contributed by atoms with Crippen molar-refractivity contribution in [1.82, 2.24) is 10.6 Å². The third kappa shape index (κ3) is 5.14. The van der Waals surface area contributed by atoms with Gasteiger partial charge in [0.05, 0.1) is 0 Å². The molecular formula is C18H20N2O3. The number of hydrogen-bond donors (Lipinski definition) is 2. The van der Waals surface area contributed by atoms with Crippen LogP contribution in [0.4, 0.5) is 0 Å². The van der Waals surface area contributed by atoms with E-state index in [1.54, 1.807) is 30.3 Å². The molecule has 1 aromatic heterocycles. The third-order valence-electron chi connectivity index (χ3n) is 3.15. The summed E-state index contributed by atoms with van der Waals surface area (Å²) in [6.45, 7) is 4.65. The molecule has 2 N–H and O–H groups in total. The quantitative estimate of drug-likeness (QED) is 0.806. The summed E-state index contributed by atoms with van der Waals surface area (Å²) in [4.78, 5) is 23.6. The van der Waals surface area contributed by atoms with Gasteiger partial charge in [-0.3, -0.25) is 9.59 Å². The van der Waals surface area contributed by atoms with Crippen molar-refractivity contribution in [3.05, 3.63) is 65.1 Å². The summed E-state index contributed by atoms with van der Waals surface area (Å²) in [5.41, 5.74) is 1.45. The van der Waals surface area contributed by atoms with Gasteiger partial charge in [-0.05, 0) is 49.8 Å². The lowest BCUT2D eigenvalue weighted by Crippen LogP contribution is -2.23. The molecule has 0 radical (unpaired) electrons. The number of rotatable bonds is 6. The first-order valence-electron chi connectivity index (χ1n) is 7.48. The first-order valence-corrected chi connectivity index (χ1v) is 7.48. The Morgan fingerprint density at radius 1 is 1.17 bits per heavy atom. The van der Waals surface area contributed by atoms with Crippen LogP contribution >= 0.6 is 0 Å². The summed E-state index contributed by atoms with van der Waals surface area (Å²) < 4.78 is 5.35. The van der Waals surface area contributed by atoms with Crippen LogP contribution in [-0.2, 0) is 11.3 Å². The molecule has 5 heteroatoms. The largest absolute Gasteiger partial charge is 0.462 e. The molecule has 0 bridgehead atoms. The highest BCUT2D eigenvalue weighted by atomic mass is 16.3. The van der Waals surface area contributed by atoms with Gasteiger partial charge in [-0.1, -0.05) is 12.1 Å². The van der Waals surface area contributed by atoms with Gasteiger partial charge in [0, 0.05) is 24.7 Å². The molecule has 0 spiro atoms. The van der Waals surface area contributed by atoms with E-state index in [-0.39, 0.29) is 11.8 Å². The van der Waals surface area contributed by atoms with Gasteiger partial charge in [0.2, 0.25) is 5.91 Å². The number of amides is 2. The fourth-order valence-corrected chi connectivity index (χ4v) is 2.03. The molecule has 0 saturated heterocycles. The smallest absolute Gasteiger partial charge is 0.251 e. The molecule has 0 aliphatic heterocycles. The minimum absolute atomic E-state index is 0.117. The van der Waals surface area contributed by atoms with E-state index in [0.717, 1.165) is 11.3 Å². The van der Waals surface area contributed by atoms with Crippen molar-refractivity contribution in [3.63, 3.8) is 0 Å². The van der Waals surface area contributed by atoms with Crippen LogP contribution in [0.3, 0.4) is 0 Å². The average molecular weight is 312 g/mol. The normalized spacial score (nSPS) is 10.7. The molecule has 0 atom stereocenters. The molecule has 5 nitrogen and oxygen atoms in total. The number of benzene rings is 1. The van der Waals surface area contributed by atoms with E-state index < -0.39 is 0 Å². The van der Waals surface area contributed by atoms with Gasteiger partial charge in [-0.25, -0.2) is 0 Å². The van der Waals surface area contributed by atoms with Crippen LogP contribution in [0.2, 0.25) is 0 Å². The van der Waals surface area contributed by atoms with E-state index in [1.165, 1.54) is 6.08 Å². The van der Waals surface area contributed by atoms with Crippen molar-refractivity contribution < 1.29 is 14.0 Å². The van der Waals surface area contributed by atoms with Gasteiger partial charge in [0.25, 0.3) is 5.91 Å². The van der Waals surface area contributed by atoms with Gasteiger partial charge >= 0.3 is 0 Å². The fraction of sp³-hybridized carbons (Fsp3) is 0.222. The first-order chi connectivity index (χ1) is 11.1. The maximum Gasteiger partial charge on any atom is 0.251 e. The lowest BCUT2D eigenvalue weighted by molar-refractivity contribution is -0.116. The third-order valence-corrected chi connectivity index (χ3v) is 3.15. The Hall–Kier alpha value is -2.82. The standard InChI is InChI=1S/C18H20N2O3/c1-3-19-18(22)15-6-4-5-14(11-15)12-20-17(21)10-9-16-8-7-13(2)23-16/h4-11H,3,12H2,1-2H3,(H,19,22)(H,20,21)/b10-9+. The van der Waals surface area contributed by atoms with Crippen LogP contribution in [-0.4, -0.2) is 18.4 Å². The Balaban J connectivity index is 1.90. The van der Waals surface area contributed by atoms with Crippen molar-refractivity contribution in [2.24, 2.45) is 0 Å². The van der Waals surface area contributed by atoms with E-state index in [4.69, 9.17) is 4.42 Å². The lowest BCUT2D eigenvalue weighted by Gasteiger charge is -2.06. The van der Waals surface area contributed by atoms with Crippen LogP contribution in [0.1, 0.15) is 34.4 Å². The Kier molecular flexibility index (Phi) is 5.74. The molecule has 1 aromatic carbocycles. The lowest BCUT2D eigenvalue weighted by atomic mass is 10.1. The Labute approximate surface area is 135 Å². The maximum atomic E-state index is 11.8. The van der Waals surface area contributed by atoms with Gasteiger partial charge < -0.3 is 15.1 Å². The molecule has 0 unspecified atom stereocenters. The van der Waals surface area contributed by atoms with E-state index >= 15 is 0 Å². The van der Waals surface area contributed by atoms with Gasteiger partial charge in [0.15, 0.2) is 0 Å². The second kappa shape index (κ2) is 7.98. The highest BCUT2D eigenvalue weighted by Crippen LogP contribution is 2.08. The fourth-order valence-electron chi connectivity index (χ4n) is 2.03. The average Bonchev–Trinajstić information content (AvgIpc) is 2.97. The molecule has 1 heterocycles. The van der Waals surface area contributed by atoms with Crippen molar-refractivity contribution >= 4 is 17.9 Å². The number of aryl methyl sites for hydroxylation is 1. The Morgan fingerprint density at radius 2 is 2.00 bits per heavy atom. The SMILES string of the molecule is CCNC(=O)c1cccc(CNC(=O)/C=C/c2ccc(C)o2)c1. The number of furan rings is 1. The first kappa shape index (κ1) is 16.5. The molecule has 0 saturated carbocycles. The van der Waals surface area contributed by atoms with Crippen molar-refractivity contribution in [2.75, 3.05) is 6.54 Å². The summed E-state index contributed by atoms with van der Waals surface area (Å²) in [5, 5.41) is 5.52. The zero-order chi connectivity index (χ0) is 16.7. The molecule has 2 amide bonds. The number of carbonyl (C=O) groups is 2. The van der Waals surface area contributed by atoms with Crippen LogP contribution in [0.5, 0.6) is 0 Å². The number of hydrogen-bond acceptors (Lipinski definition) is 3. The zero-order valence-corrected chi connectivity index (χ0v) is 13.3. The Bertz CT molecular complexity index is 717. The molecule has 0 fully saturated rings. The molecule has 0 aliphatic carbocycles. The monoisotopic (exact) mass is 312 g/mol. The molecular weight excluding hydrogens is 292 g/mol. The number of carbonyl (C=O) groups excluding carboxylic acids is 2. The van der Waals surface area contributed by atoms with E-state index in [9.17, 15) is 9.59 Å². The predicted molar refractivity (Wildman–Crippen MR) is 88.8 cm³/mol. The summed E-state index contributed by atoms with van der Waals surface area (Å²) >= 11 is 0. The summed E-state index contributed by atoms with van der Waals surface area (Å²) in [6, 6.07) is 10.8. The Morgan fingerprint density at radius 3 is 2.70 bits per heavy atom. The highest BCUT2D eigenvalue weighted by molar-refractivity contribution is 5.94. The van der Waals surface area contributed by atoms with Gasteiger partial charge in [-0.15, -0.1) is 0 Å². The second-order valence-corrected chi connectivity index (χ2v) is 5.06. The maximum absolute atomic E-state index is 11.8. The predicted octanol–water partition coefficient (Wildman–Crippen LogP) is 2.67. The van der Waals surface area contributed by atoms with Crippen LogP contribution in [0.15, 0.2) is 46.9 Å². The highest BCUT2D eigenvalue weighted by Gasteiger charge is 2.05. The minimum Gasteiger partial charge on any atom is -0.462 e. The topological polar surface area (TPSA) is 71.3 Å². The molecule has 120 valence electrons. The molecule has 23 heavy (non-hydrogen) atoms. The van der Waals surface area contributed by atoms with Gasteiger partial charge in [-0.2, -0.15) is 0 Å². The molecule has 0 aliphatic rings. The second-order valence-electron chi connectivity index (χ2n) is 5.06. The zero-order valence-electron chi connectivity index (χ0n) is 13.3. The summed E-state index contributed by atoms with van der Waals surface area (Å²) in [5.74, 6) is 1.10. The summed E-state index contributed by atoms with van der Waals surface area (Å²) in [6.07, 6.45) is 3.04. The number of nitrogens with one attached hydrogen (secondary N) is 2. The van der Waals surface area contributed by atoms with E-state index in [2.05, 4.69) is 10.6 Å². The van der Waals surface area contributed by atoms with Crippen LogP contribution in [0, 0.1) is 6.92 Å². The van der Waals surface area contributed by atoms with E-state index in [0.29, 0.717) is 24.4 Å².